The Bertz CT molecular complexity index is 1060. The molecule has 0 aliphatic carbocycles. The molecule has 132 valence electrons. The van der Waals surface area contributed by atoms with Gasteiger partial charge in [0.25, 0.3) is 0 Å². The van der Waals surface area contributed by atoms with Gasteiger partial charge in [-0.3, -0.25) is 4.79 Å². The molecule has 3 aromatic carbocycles. The molecule has 4 rings (SSSR count). The van der Waals surface area contributed by atoms with Crippen LogP contribution in [0.5, 0.6) is 5.75 Å². The Morgan fingerprint density at radius 2 is 1.30 bits per heavy atom. The van der Waals surface area contributed by atoms with Crippen LogP contribution in [0.2, 0.25) is 0 Å². The number of esters is 1. The van der Waals surface area contributed by atoms with Crippen molar-refractivity contribution in [2.75, 3.05) is 0 Å². The van der Waals surface area contributed by atoms with Crippen LogP contribution in [-0.4, -0.2) is 15.7 Å². The van der Waals surface area contributed by atoms with Gasteiger partial charge in [-0.25, -0.2) is 4.68 Å². The summed E-state index contributed by atoms with van der Waals surface area (Å²) in [5.74, 6) is 0.0840. The number of hydrogen-bond donors (Lipinski definition) is 0. The molecule has 0 amide bonds. The van der Waals surface area contributed by atoms with E-state index in [9.17, 15) is 4.79 Å². The van der Waals surface area contributed by atoms with Crippen molar-refractivity contribution in [3.05, 3.63) is 91.0 Å². The van der Waals surface area contributed by atoms with Gasteiger partial charge in [-0.15, -0.1) is 0 Å². The molecule has 0 aliphatic heterocycles. The molecule has 1 aromatic heterocycles. The van der Waals surface area contributed by atoms with Gasteiger partial charge in [0.2, 0.25) is 0 Å². The first kappa shape index (κ1) is 16.8. The first-order valence-corrected chi connectivity index (χ1v) is 8.72. The SMILES string of the molecule is CC(=O)Oc1c(-c2ccccc2)nn(-c2ccccc2)c1-c1ccccc1. The number of carbonyl (C=O) groups excluding carboxylic acids is 1. The number of rotatable bonds is 4. The highest BCUT2D eigenvalue weighted by Gasteiger charge is 2.24. The Morgan fingerprint density at radius 3 is 1.85 bits per heavy atom. The summed E-state index contributed by atoms with van der Waals surface area (Å²) in [7, 11) is 0. The highest BCUT2D eigenvalue weighted by molar-refractivity contribution is 5.84. The van der Waals surface area contributed by atoms with Crippen molar-refractivity contribution in [3.8, 4) is 34.0 Å². The number of hydrogen-bond acceptors (Lipinski definition) is 3. The van der Waals surface area contributed by atoms with Crippen LogP contribution in [-0.2, 0) is 4.79 Å². The highest BCUT2D eigenvalue weighted by atomic mass is 16.5. The zero-order valence-electron chi connectivity index (χ0n) is 14.9. The number of nitrogens with zero attached hydrogens (tertiary/aromatic N) is 2. The minimum atomic E-state index is -0.378. The van der Waals surface area contributed by atoms with E-state index in [-0.39, 0.29) is 5.97 Å². The normalized spacial score (nSPS) is 10.6. The maximum Gasteiger partial charge on any atom is 0.308 e. The van der Waals surface area contributed by atoms with Crippen molar-refractivity contribution in [1.82, 2.24) is 9.78 Å². The van der Waals surface area contributed by atoms with E-state index in [4.69, 9.17) is 9.84 Å². The molecule has 0 radical (unpaired) electrons. The summed E-state index contributed by atoms with van der Waals surface area (Å²) in [6.45, 7) is 1.41. The topological polar surface area (TPSA) is 44.1 Å². The lowest BCUT2D eigenvalue weighted by Crippen LogP contribution is -2.04. The van der Waals surface area contributed by atoms with Crippen molar-refractivity contribution in [2.24, 2.45) is 0 Å². The van der Waals surface area contributed by atoms with Crippen molar-refractivity contribution < 1.29 is 9.53 Å². The van der Waals surface area contributed by atoms with E-state index in [1.54, 1.807) is 0 Å². The van der Waals surface area contributed by atoms with Gasteiger partial charge in [0.1, 0.15) is 11.4 Å². The van der Waals surface area contributed by atoms with Gasteiger partial charge in [-0.2, -0.15) is 5.10 Å². The molecule has 4 aromatic rings. The Morgan fingerprint density at radius 1 is 0.778 bits per heavy atom. The van der Waals surface area contributed by atoms with E-state index in [1.807, 2.05) is 95.7 Å². The number of aromatic nitrogens is 2. The second-order valence-corrected chi connectivity index (χ2v) is 6.10. The van der Waals surface area contributed by atoms with Gasteiger partial charge >= 0.3 is 5.97 Å². The number of para-hydroxylation sites is 1. The third-order valence-electron chi connectivity index (χ3n) is 4.18. The van der Waals surface area contributed by atoms with Crippen molar-refractivity contribution in [1.29, 1.82) is 0 Å². The Labute approximate surface area is 157 Å². The van der Waals surface area contributed by atoms with Gasteiger partial charge in [0.15, 0.2) is 5.75 Å². The quantitative estimate of drug-likeness (QED) is 0.477. The van der Waals surface area contributed by atoms with Crippen LogP contribution < -0.4 is 4.74 Å². The smallest absolute Gasteiger partial charge is 0.308 e. The van der Waals surface area contributed by atoms with Gasteiger partial charge in [-0.05, 0) is 12.1 Å². The van der Waals surface area contributed by atoms with E-state index in [0.29, 0.717) is 11.4 Å². The largest absolute Gasteiger partial charge is 0.422 e. The molecule has 0 N–H and O–H groups in total. The van der Waals surface area contributed by atoms with Crippen LogP contribution >= 0.6 is 0 Å². The number of benzene rings is 3. The molecule has 0 aliphatic rings. The molecule has 0 saturated heterocycles. The van der Waals surface area contributed by atoms with Gasteiger partial charge in [0.05, 0.1) is 5.69 Å². The third-order valence-corrected chi connectivity index (χ3v) is 4.18. The van der Waals surface area contributed by atoms with E-state index in [1.165, 1.54) is 6.92 Å². The third kappa shape index (κ3) is 3.37. The maximum absolute atomic E-state index is 11.9. The Kier molecular flexibility index (Phi) is 4.54. The average Bonchev–Trinajstić information content (AvgIpc) is 3.08. The summed E-state index contributed by atoms with van der Waals surface area (Å²) < 4.78 is 7.49. The fraction of sp³-hybridized carbons (Fsp3) is 0.0435. The number of ether oxygens (including phenoxy) is 1. The zero-order chi connectivity index (χ0) is 18.6. The van der Waals surface area contributed by atoms with Crippen molar-refractivity contribution in [2.45, 2.75) is 6.92 Å². The molecule has 4 nitrogen and oxygen atoms in total. The molecule has 0 fully saturated rings. The van der Waals surface area contributed by atoms with Crippen molar-refractivity contribution in [3.63, 3.8) is 0 Å². The van der Waals surface area contributed by atoms with E-state index < -0.39 is 0 Å². The molecule has 27 heavy (non-hydrogen) atoms. The predicted octanol–water partition coefficient (Wildman–Crippen LogP) is 5.13. The minimum Gasteiger partial charge on any atom is -0.422 e. The number of carbonyl (C=O) groups is 1. The monoisotopic (exact) mass is 354 g/mol. The van der Waals surface area contributed by atoms with Crippen LogP contribution in [0, 0.1) is 0 Å². The molecule has 1 heterocycles. The summed E-state index contributed by atoms with van der Waals surface area (Å²) in [6, 6.07) is 29.4. The lowest BCUT2D eigenvalue weighted by atomic mass is 10.1. The fourth-order valence-corrected chi connectivity index (χ4v) is 3.03. The molecule has 0 bridgehead atoms. The van der Waals surface area contributed by atoms with E-state index in [0.717, 1.165) is 22.5 Å². The second kappa shape index (κ2) is 7.30. The van der Waals surface area contributed by atoms with E-state index in [2.05, 4.69) is 0 Å². The summed E-state index contributed by atoms with van der Waals surface area (Å²) in [5, 5.41) is 4.82. The molecule has 0 spiro atoms. The molecular formula is C23H18N2O2. The molecule has 0 unspecified atom stereocenters. The molecular weight excluding hydrogens is 336 g/mol. The van der Waals surface area contributed by atoms with Crippen LogP contribution in [0.4, 0.5) is 0 Å². The zero-order valence-corrected chi connectivity index (χ0v) is 14.9. The second-order valence-electron chi connectivity index (χ2n) is 6.10. The standard InChI is InChI=1S/C23H18N2O2/c1-17(26)27-23-21(18-11-5-2-6-12-18)24-25(20-15-9-4-10-16-20)22(23)19-13-7-3-8-14-19/h2-16H,1H3. The van der Waals surface area contributed by atoms with Crippen LogP contribution in [0.25, 0.3) is 28.2 Å². The first-order valence-electron chi connectivity index (χ1n) is 8.72. The summed E-state index contributed by atoms with van der Waals surface area (Å²) in [4.78, 5) is 11.9. The summed E-state index contributed by atoms with van der Waals surface area (Å²) in [6.07, 6.45) is 0. The van der Waals surface area contributed by atoms with Gasteiger partial charge < -0.3 is 4.74 Å². The van der Waals surface area contributed by atoms with Crippen molar-refractivity contribution >= 4 is 5.97 Å². The van der Waals surface area contributed by atoms with Crippen LogP contribution in [0.1, 0.15) is 6.92 Å². The maximum atomic E-state index is 11.9. The first-order chi connectivity index (χ1) is 13.2. The van der Waals surface area contributed by atoms with E-state index >= 15 is 0 Å². The van der Waals surface area contributed by atoms with Crippen LogP contribution in [0.3, 0.4) is 0 Å². The Hall–Kier alpha value is -3.66. The van der Waals surface area contributed by atoms with Gasteiger partial charge in [-0.1, -0.05) is 78.9 Å². The lowest BCUT2D eigenvalue weighted by Gasteiger charge is -2.09. The summed E-state index contributed by atoms with van der Waals surface area (Å²) in [5.41, 5.74) is 4.09. The van der Waals surface area contributed by atoms with Gasteiger partial charge in [0, 0.05) is 18.1 Å². The molecule has 0 saturated carbocycles. The molecule has 4 heteroatoms. The predicted molar refractivity (Wildman–Crippen MR) is 106 cm³/mol. The minimum absolute atomic E-state index is 0.378. The fourth-order valence-electron chi connectivity index (χ4n) is 3.03. The Balaban J connectivity index is 2.04. The van der Waals surface area contributed by atoms with Crippen LogP contribution in [0.15, 0.2) is 91.0 Å². The lowest BCUT2D eigenvalue weighted by molar-refractivity contribution is -0.131. The molecule has 0 atom stereocenters. The average molecular weight is 354 g/mol. The highest BCUT2D eigenvalue weighted by Crippen LogP contribution is 2.40. The summed E-state index contributed by atoms with van der Waals surface area (Å²) >= 11 is 0.